The molecule has 0 saturated heterocycles. The van der Waals surface area contributed by atoms with Gasteiger partial charge in [-0.25, -0.2) is 0 Å². The summed E-state index contributed by atoms with van der Waals surface area (Å²) in [6.45, 7) is 0. The van der Waals surface area contributed by atoms with Crippen molar-refractivity contribution in [2.45, 2.75) is 32.1 Å². The topological polar surface area (TPSA) is 52.6 Å². The summed E-state index contributed by atoms with van der Waals surface area (Å²) in [7, 11) is 3.27. The first-order chi connectivity index (χ1) is 14.6. The van der Waals surface area contributed by atoms with E-state index in [9.17, 15) is 9.59 Å². The molecular weight excluding hydrogens is 376 g/mol. The highest BCUT2D eigenvalue weighted by Crippen LogP contribution is 2.38. The summed E-state index contributed by atoms with van der Waals surface area (Å²) >= 11 is 0. The van der Waals surface area contributed by atoms with Gasteiger partial charge < -0.3 is 9.47 Å². The summed E-state index contributed by atoms with van der Waals surface area (Å²) in [5, 5.41) is 0. The summed E-state index contributed by atoms with van der Waals surface area (Å²) in [5.74, 6) is 1.70. The zero-order chi connectivity index (χ0) is 21.4. The number of Topliss-reactive ketones (excluding diaryl/α,β-unsaturated/α-hetero) is 2. The molecule has 0 aromatic heterocycles. The van der Waals surface area contributed by atoms with Gasteiger partial charge >= 0.3 is 0 Å². The zero-order valence-corrected chi connectivity index (χ0v) is 17.6. The van der Waals surface area contributed by atoms with E-state index in [2.05, 4.69) is 0 Å². The van der Waals surface area contributed by atoms with Gasteiger partial charge in [0.05, 0.1) is 19.6 Å². The van der Waals surface area contributed by atoms with Crippen LogP contribution in [0.1, 0.15) is 43.2 Å². The predicted octanol–water partition coefficient (Wildman–Crippen LogP) is 5.52. The fourth-order valence-corrected chi connectivity index (χ4v) is 3.80. The summed E-state index contributed by atoms with van der Waals surface area (Å²) in [6.07, 6.45) is 10.3. The van der Waals surface area contributed by atoms with Gasteiger partial charge in [0.15, 0.2) is 0 Å². The molecule has 0 heterocycles. The van der Waals surface area contributed by atoms with E-state index < -0.39 is 5.41 Å². The monoisotopic (exact) mass is 404 g/mol. The Bertz CT molecular complexity index is 843. The van der Waals surface area contributed by atoms with Gasteiger partial charge in [-0.1, -0.05) is 48.6 Å². The van der Waals surface area contributed by atoms with E-state index in [-0.39, 0.29) is 11.6 Å². The second-order valence-corrected chi connectivity index (χ2v) is 7.54. The Kier molecular flexibility index (Phi) is 7.23. The second-order valence-electron chi connectivity index (χ2n) is 7.54. The molecule has 0 N–H and O–H groups in total. The highest BCUT2D eigenvalue weighted by atomic mass is 16.5. The average Bonchev–Trinajstić information content (AvgIpc) is 2.78. The van der Waals surface area contributed by atoms with E-state index in [0.717, 1.165) is 22.6 Å². The second kappa shape index (κ2) is 10.1. The van der Waals surface area contributed by atoms with Crippen LogP contribution in [0.4, 0.5) is 0 Å². The van der Waals surface area contributed by atoms with Gasteiger partial charge in [0.25, 0.3) is 0 Å². The summed E-state index contributed by atoms with van der Waals surface area (Å²) in [4.78, 5) is 25.7. The first-order valence-electron chi connectivity index (χ1n) is 10.3. The van der Waals surface area contributed by atoms with Crippen LogP contribution in [0.25, 0.3) is 12.2 Å². The number of allylic oxidation sites excluding steroid dienone is 2. The van der Waals surface area contributed by atoms with Crippen LogP contribution in [0.15, 0.2) is 60.7 Å². The number of ether oxygens (including phenoxy) is 2. The number of carbonyl (C=O) groups is 2. The third-order valence-corrected chi connectivity index (χ3v) is 5.66. The predicted molar refractivity (Wildman–Crippen MR) is 120 cm³/mol. The Morgan fingerprint density at radius 3 is 1.50 bits per heavy atom. The van der Waals surface area contributed by atoms with Gasteiger partial charge in [-0.2, -0.15) is 0 Å². The highest BCUT2D eigenvalue weighted by Gasteiger charge is 2.44. The molecule has 4 heteroatoms. The quantitative estimate of drug-likeness (QED) is 0.544. The highest BCUT2D eigenvalue weighted by molar-refractivity contribution is 6.09. The Morgan fingerprint density at radius 1 is 0.733 bits per heavy atom. The van der Waals surface area contributed by atoms with Gasteiger partial charge in [0.2, 0.25) is 0 Å². The molecule has 2 aromatic carbocycles. The maximum Gasteiger partial charge on any atom is 0.147 e. The molecule has 1 saturated carbocycles. The molecule has 0 atom stereocenters. The van der Waals surface area contributed by atoms with E-state index in [1.165, 1.54) is 0 Å². The molecule has 0 spiro atoms. The van der Waals surface area contributed by atoms with Gasteiger partial charge in [-0.05, 0) is 54.7 Å². The number of methoxy groups -OCH3 is 2. The lowest BCUT2D eigenvalue weighted by molar-refractivity contribution is -0.143. The van der Waals surface area contributed by atoms with E-state index in [1.807, 2.05) is 72.8 Å². The fourth-order valence-electron chi connectivity index (χ4n) is 3.80. The SMILES string of the molecule is COc1ccc(/C=C/CC2(C/C=C/c3ccc(OC)cc3)C(=O)CCCC2=O)cc1. The van der Waals surface area contributed by atoms with Crippen molar-refractivity contribution in [1.82, 2.24) is 0 Å². The maximum atomic E-state index is 12.9. The largest absolute Gasteiger partial charge is 0.497 e. The number of benzene rings is 2. The lowest BCUT2D eigenvalue weighted by Gasteiger charge is -2.32. The van der Waals surface area contributed by atoms with Crippen LogP contribution < -0.4 is 9.47 Å². The van der Waals surface area contributed by atoms with Crippen LogP contribution in [0.2, 0.25) is 0 Å². The van der Waals surface area contributed by atoms with Gasteiger partial charge in [0.1, 0.15) is 23.1 Å². The van der Waals surface area contributed by atoms with Crippen molar-refractivity contribution in [3.05, 3.63) is 71.8 Å². The lowest BCUT2D eigenvalue weighted by atomic mass is 9.67. The standard InChI is InChI=1S/C26H28O4/c1-29-22-14-10-20(11-15-22)6-4-18-26(24(27)8-3-9-25(26)28)19-5-7-21-12-16-23(30-2)17-13-21/h4-7,10-17H,3,8-9,18-19H2,1-2H3/b6-4+,7-5+. The van der Waals surface area contributed by atoms with Crippen LogP contribution in [0, 0.1) is 5.41 Å². The third kappa shape index (κ3) is 5.07. The van der Waals surface area contributed by atoms with Crippen LogP contribution in [0.5, 0.6) is 11.5 Å². The fraction of sp³-hybridized carbons (Fsp3) is 0.308. The average molecular weight is 405 g/mol. The van der Waals surface area contributed by atoms with Crippen LogP contribution >= 0.6 is 0 Å². The first kappa shape index (κ1) is 21.6. The smallest absolute Gasteiger partial charge is 0.147 e. The molecule has 0 radical (unpaired) electrons. The number of hydrogen-bond acceptors (Lipinski definition) is 4. The Morgan fingerprint density at radius 2 is 1.13 bits per heavy atom. The molecule has 0 unspecified atom stereocenters. The Balaban J connectivity index is 1.75. The van der Waals surface area contributed by atoms with Gasteiger partial charge in [0, 0.05) is 12.8 Å². The van der Waals surface area contributed by atoms with Gasteiger partial charge in [-0.15, -0.1) is 0 Å². The van der Waals surface area contributed by atoms with Crippen molar-refractivity contribution in [2.75, 3.05) is 14.2 Å². The van der Waals surface area contributed by atoms with Crippen LogP contribution in [-0.4, -0.2) is 25.8 Å². The van der Waals surface area contributed by atoms with E-state index in [0.29, 0.717) is 32.1 Å². The number of rotatable bonds is 8. The van der Waals surface area contributed by atoms with Crippen molar-refractivity contribution in [3.8, 4) is 11.5 Å². The van der Waals surface area contributed by atoms with Crippen molar-refractivity contribution >= 4 is 23.7 Å². The van der Waals surface area contributed by atoms with E-state index >= 15 is 0 Å². The summed E-state index contributed by atoms with van der Waals surface area (Å²) in [5.41, 5.74) is 1.07. The molecular formula is C26H28O4. The molecule has 0 aliphatic heterocycles. The number of hydrogen-bond donors (Lipinski definition) is 0. The minimum Gasteiger partial charge on any atom is -0.497 e. The van der Waals surface area contributed by atoms with Crippen LogP contribution in [-0.2, 0) is 9.59 Å². The lowest BCUT2D eigenvalue weighted by Crippen LogP contribution is -2.41. The summed E-state index contributed by atoms with van der Waals surface area (Å²) in [6, 6.07) is 15.4. The number of ketones is 2. The molecule has 0 bridgehead atoms. The van der Waals surface area contributed by atoms with Crippen molar-refractivity contribution in [3.63, 3.8) is 0 Å². The van der Waals surface area contributed by atoms with E-state index in [4.69, 9.17) is 9.47 Å². The molecule has 1 aliphatic rings. The Hall–Kier alpha value is -3.14. The maximum absolute atomic E-state index is 12.9. The third-order valence-electron chi connectivity index (χ3n) is 5.66. The minimum atomic E-state index is -0.954. The molecule has 4 nitrogen and oxygen atoms in total. The molecule has 30 heavy (non-hydrogen) atoms. The molecule has 3 rings (SSSR count). The molecule has 1 fully saturated rings. The molecule has 2 aromatic rings. The molecule has 156 valence electrons. The number of carbonyl (C=O) groups excluding carboxylic acids is 2. The van der Waals surface area contributed by atoms with Crippen molar-refractivity contribution in [1.29, 1.82) is 0 Å². The Labute approximate surface area is 178 Å². The summed E-state index contributed by atoms with van der Waals surface area (Å²) < 4.78 is 10.4. The first-order valence-corrected chi connectivity index (χ1v) is 10.3. The zero-order valence-electron chi connectivity index (χ0n) is 17.6. The molecule has 1 aliphatic carbocycles. The van der Waals surface area contributed by atoms with Crippen molar-refractivity contribution < 1.29 is 19.1 Å². The van der Waals surface area contributed by atoms with Crippen LogP contribution in [0.3, 0.4) is 0 Å². The van der Waals surface area contributed by atoms with Crippen molar-refractivity contribution in [2.24, 2.45) is 5.41 Å². The van der Waals surface area contributed by atoms with Gasteiger partial charge in [-0.3, -0.25) is 9.59 Å². The molecule has 0 amide bonds. The minimum absolute atomic E-state index is 0.0533. The van der Waals surface area contributed by atoms with E-state index in [1.54, 1.807) is 14.2 Å². The normalized spacial score (nSPS) is 16.3.